The highest BCUT2D eigenvalue weighted by molar-refractivity contribution is 7.89. The van der Waals surface area contributed by atoms with Gasteiger partial charge < -0.3 is 20.1 Å². The van der Waals surface area contributed by atoms with Crippen LogP contribution in [-0.2, 0) is 14.8 Å². The zero-order valence-electron chi connectivity index (χ0n) is 16.3. The first kappa shape index (κ1) is 23.4. The fourth-order valence-electron chi connectivity index (χ4n) is 3.12. The molecule has 0 radical (unpaired) electrons. The summed E-state index contributed by atoms with van der Waals surface area (Å²) in [5.74, 6) is -2.18. The maximum atomic E-state index is 13.4. The SMILES string of the molecule is CN(C)S(=O)(=O)C[C@@H]1CN(C(=O)c2c[nH]c3ccc(F)cc3c2=O)C[C@@H]1O.O=CO. The van der Waals surface area contributed by atoms with Crippen LogP contribution in [0.25, 0.3) is 10.9 Å². The highest BCUT2D eigenvalue weighted by atomic mass is 32.2. The summed E-state index contributed by atoms with van der Waals surface area (Å²) in [5.41, 5.74) is -0.405. The van der Waals surface area contributed by atoms with E-state index >= 15 is 0 Å². The van der Waals surface area contributed by atoms with Crippen LogP contribution in [0, 0.1) is 11.7 Å². The summed E-state index contributed by atoms with van der Waals surface area (Å²) in [6.45, 7) is -0.319. The van der Waals surface area contributed by atoms with E-state index < -0.39 is 39.2 Å². The molecule has 164 valence electrons. The lowest BCUT2D eigenvalue weighted by molar-refractivity contribution is -0.122. The number of aromatic nitrogens is 1. The average Bonchev–Trinajstić information content (AvgIpc) is 3.02. The quantitative estimate of drug-likeness (QED) is 0.549. The number of aliphatic hydroxyl groups is 1. The smallest absolute Gasteiger partial charge is 0.290 e. The number of hydrogen-bond donors (Lipinski definition) is 3. The number of aromatic amines is 1. The van der Waals surface area contributed by atoms with Crippen LogP contribution in [0.3, 0.4) is 0 Å². The van der Waals surface area contributed by atoms with Crippen LogP contribution in [0.1, 0.15) is 10.4 Å². The van der Waals surface area contributed by atoms with Gasteiger partial charge in [-0.3, -0.25) is 14.4 Å². The molecule has 1 aliphatic rings. The van der Waals surface area contributed by atoms with Crippen LogP contribution in [-0.4, -0.2) is 84.2 Å². The summed E-state index contributed by atoms with van der Waals surface area (Å²) in [4.78, 5) is 37.7. The van der Waals surface area contributed by atoms with Crippen molar-refractivity contribution in [1.82, 2.24) is 14.2 Å². The highest BCUT2D eigenvalue weighted by Crippen LogP contribution is 2.21. The van der Waals surface area contributed by atoms with Crippen molar-refractivity contribution in [2.24, 2.45) is 5.92 Å². The Labute approximate surface area is 171 Å². The molecule has 0 saturated carbocycles. The minimum Gasteiger partial charge on any atom is -0.483 e. The highest BCUT2D eigenvalue weighted by Gasteiger charge is 2.38. The number of fused-ring (bicyclic) bond motifs is 1. The van der Waals surface area contributed by atoms with Gasteiger partial charge in [0.2, 0.25) is 15.5 Å². The molecule has 1 fully saturated rings. The molecular formula is C18H22FN3O7S. The van der Waals surface area contributed by atoms with Crippen LogP contribution in [0.15, 0.2) is 29.2 Å². The van der Waals surface area contributed by atoms with Gasteiger partial charge in [-0.1, -0.05) is 0 Å². The summed E-state index contributed by atoms with van der Waals surface area (Å²) in [7, 11) is -0.752. The molecule has 2 heterocycles. The third-order valence-electron chi connectivity index (χ3n) is 4.75. The van der Waals surface area contributed by atoms with Gasteiger partial charge in [0.15, 0.2) is 0 Å². The molecule has 1 aromatic carbocycles. The van der Waals surface area contributed by atoms with Crippen LogP contribution in [0.5, 0.6) is 0 Å². The second-order valence-electron chi connectivity index (χ2n) is 6.93. The maximum Gasteiger partial charge on any atom is 0.290 e. The van der Waals surface area contributed by atoms with Gasteiger partial charge in [0.25, 0.3) is 12.4 Å². The van der Waals surface area contributed by atoms with E-state index in [4.69, 9.17) is 9.90 Å². The molecule has 3 rings (SSSR count). The van der Waals surface area contributed by atoms with Crippen LogP contribution >= 0.6 is 0 Å². The van der Waals surface area contributed by atoms with Crippen LogP contribution in [0.2, 0.25) is 0 Å². The summed E-state index contributed by atoms with van der Waals surface area (Å²) >= 11 is 0. The molecule has 2 aromatic rings. The molecule has 0 aliphatic carbocycles. The first-order valence-electron chi connectivity index (χ1n) is 8.78. The number of H-pyrrole nitrogens is 1. The van der Waals surface area contributed by atoms with E-state index in [2.05, 4.69) is 4.98 Å². The van der Waals surface area contributed by atoms with Crippen molar-refractivity contribution in [1.29, 1.82) is 0 Å². The normalized spacial score (nSPS) is 18.9. The Kier molecular flexibility index (Phi) is 7.29. The molecule has 1 aromatic heterocycles. The molecule has 0 bridgehead atoms. The zero-order valence-corrected chi connectivity index (χ0v) is 17.1. The minimum atomic E-state index is -3.54. The van der Waals surface area contributed by atoms with Crippen LogP contribution < -0.4 is 5.43 Å². The van der Waals surface area contributed by atoms with E-state index in [9.17, 15) is 27.5 Å². The number of nitrogens with one attached hydrogen (secondary N) is 1. The third-order valence-corrected chi connectivity index (χ3v) is 6.71. The van der Waals surface area contributed by atoms with Gasteiger partial charge >= 0.3 is 0 Å². The number of sulfonamides is 1. The van der Waals surface area contributed by atoms with E-state index in [0.29, 0.717) is 5.52 Å². The van der Waals surface area contributed by atoms with Gasteiger partial charge in [0, 0.05) is 50.2 Å². The van der Waals surface area contributed by atoms with Gasteiger partial charge in [-0.25, -0.2) is 17.1 Å². The molecule has 30 heavy (non-hydrogen) atoms. The van der Waals surface area contributed by atoms with Crippen molar-refractivity contribution in [2.45, 2.75) is 6.10 Å². The average molecular weight is 443 g/mol. The number of carbonyl (C=O) groups is 2. The van der Waals surface area contributed by atoms with Crippen molar-refractivity contribution >= 4 is 33.3 Å². The third kappa shape index (κ3) is 5.01. The second-order valence-corrected chi connectivity index (χ2v) is 9.15. The number of hydrogen-bond acceptors (Lipinski definition) is 6. The Morgan fingerprint density at radius 1 is 1.37 bits per heavy atom. The Morgan fingerprint density at radius 3 is 2.60 bits per heavy atom. The molecule has 1 aliphatic heterocycles. The first-order valence-corrected chi connectivity index (χ1v) is 10.4. The van der Waals surface area contributed by atoms with E-state index in [0.717, 1.165) is 10.4 Å². The molecule has 3 N–H and O–H groups in total. The Bertz CT molecular complexity index is 1100. The number of β-amino-alcohol motifs (C(OH)–C–C–N with tert-alkyl or cyclic N) is 1. The van der Waals surface area contributed by atoms with Crippen molar-refractivity contribution < 1.29 is 32.6 Å². The largest absolute Gasteiger partial charge is 0.483 e. The summed E-state index contributed by atoms with van der Waals surface area (Å²) in [5, 5.41) is 17.1. The summed E-state index contributed by atoms with van der Waals surface area (Å²) in [6.07, 6.45) is 0.238. The van der Waals surface area contributed by atoms with Gasteiger partial charge in [-0.2, -0.15) is 0 Å². The molecule has 0 unspecified atom stereocenters. The Hall–Kier alpha value is -2.83. The number of pyridine rings is 1. The Balaban J connectivity index is 0.00000101. The fraction of sp³-hybridized carbons (Fsp3) is 0.389. The molecule has 10 nitrogen and oxygen atoms in total. The van der Waals surface area contributed by atoms with Crippen molar-refractivity contribution in [3.8, 4) is 0 Å². The van der Waals surface area contributed by atoms with Gasteiger partial charge in [-0.05, 0) is 18.2 Å². The fourth-order valence-corrected chi connectivity index (χ4v) is 4.29. The number of likely N-dealkylation sites (tertiary alicyclic amines) is 1. The lowest BCUT2D eigenvalue weighted by Crippen LogP contribution is -2.34. The number of rotatable bonds is 4. The first-order chi connectivity index (χ1) is 14.0. The number of carboxylic acid groups (broad SMARTS) is 1. The molecule has 0 spiro atoms. The van der Waals surface area contributed by atoms with Crippen LogP contribution in [0.4, 0.5) is 4.39 Å². The summed E-state index contributed by atoms with van der Waals surface area (Å²) in [6, 6.07) is 3.66. The monoisotopic (exact) mass is 443 g/mol. The predicted molar refractivity (Wildman–Crippen MR) is 106 cm³/mol. The Morgan fingerprint density at radius 2 is 2.00 bits per heavy atom. The maximum absolute atomic E-state index is 13.4. The number of benzene rings is 1. The van der Waals surface area contributed by atoms with Gasteiger partial charge in [0.05, 0.1) is 11.9 Å². The van der Waals surface area contributed by atoms with Crippen molar-refractivity contribution in [3.05, 3.63) is 46.0 Å². The van der Waals surface area contributed by atoms with E-state index in [-0.39, 0.29) is 36.3 Å². The van der Waals surface area contributed by atoms with E-state index in [1.807, 2.05) is 0 Å². The van der Waals surface area contributed by atoms with E-state index in [1.165, 1.54) is 37.3 Å². The van der Waals surface area contributed by atoms with Gasteiger partial charge in [-0.15, -0.1) is 0 Å². The standard InChI is InChI=1S/C17H20FN3O5S.CH2O2/c1-20(2)27(25,26)9-10-7-21(8-15(10)22)17(24)13-6-19-14-4-3-11(18)5-12(14)16(13)23;2-1-3/h3-6,10,15,22H,7-9H2,1-2H3,(H,19,23);1H,(H,2,3)/t10-,15-;/m0./s1. The topological polar surface area (TPSA) is 148 Å². The molecular weight excluding hydrogens is 421 g/mol. The molecule has 1 saturated heterocycles. The van der Waals surface area contributed by atoms with E-state index in [1.54, 1.807) is 0 Å². The number of halogens is 1. The van der Waals surface area contributed by atoms with Crippen molar-refractivity contribution in [2.75, 3.05) is 32.9 Å². The summed E-state index contributed by atoms with van der Waals surface area (Å²) < 4.78 is 38.6. The lowest BCUT2D eigenvalue weighted by Gasteiger charge is -2.18. The second kappa shape index (κ2) is 9.32. The number of aliphatic hydroxyl groups excluding tert-OH is 1. The number of nitrogens with zero attached hydrogens (tertiary/aromatic N) is 2. The zero-order chi connectivity index (χ0) is 22.6. The molecule has 2 atom stereocenters. The van der Waals surface area contributed by atoms with Crippen molar-refractivity contribution in [3.63, 3.8) is 0 Å². The predicted octanol–water partition coefficient (Wildman–Crippen LogP) is -0.308. The lowest BCUT2D eigenvalue weighted by atomic mass is 10.1. The number of carbonyl (C=O) groups excluding carboxylic acids is 1. The number of amides is 1. The molecule has 12 heteroatoms. The molecule has 1 amide bonds. The minimum absolute atomic E-state index is 0.00764. The van der Waals surface area contributed by atoms with Gasteiger partial charge in [0.1, 0.15) is 11.4 Å².